The van der Waals surface area contributed by atoms with E-state index in [9.17, 15) is 10.1 Å². The lowest BCUT2D eigenvalue weighted by Gasteiger charge is -2.26. The summed E-state index contributed by atoms with van der Waals surface area (Å²) in [6.45, 7) is 0.857. The molecule has 1 aromatic carbocycles. The van der Waals surface area contributed by atoms with Crippen molar-refractivity contribution >= 4 is 28.9 Å². The second-order valence-electron chi connectivity index (χ2n) is 5.80. The van der Waals surface area contributed by atoms with Gasteiger partial charge in [0.05, 0.1) is 11.5 Å². The van der Waals surface area contributed by atoms with E-state index >= 15 is 0 Å². The van der Waals surface area contributed by atoms with Crippen molar-refractivity contribution in [2.24, 2.45) is 0 Å². The molecule has 0 amide bonds. The summed E-state index contributed by atoms with van der Waals surface area (Å²) in [5.41, 5.74) is 7.94. The maximum Gasteiger partial charge on any atom is 0.353 e. The number of nitrogens with two attached hydrogens (primary N) is 1. The lowest BCUT2D eigenvalue weighted by atomic mass is 10.0. The van der Waals surface area contributed by atoms with Crippen molar-refractivity contribution in [1.29, 1.82) is 0 Å². The molecule has 4 rings (SSSR count). The molecule has 1 aliphatic heterocycles. The standard InChI is InChI=1S/C16H13ClN6O3/c17-10-3-1-9(2-4-10)14-11-5-6-22(7-12(11)21-26-14)16-13(23(24)25)15(18)19-8-20-16/h1-4,8H,5-7H2,(H2,18,19,20). The number of hydrogen-bond acceptors (Lipinski definition) is 8. The summed E-state index contributed by atoms with van der Waals surface area (Å²) in [4.78, 5) is 20.3. The number of nitrogen functional groups attached to an aromatic ring is 1. The SMILES string of the molecule is Nc1ncnc(N2CCc3c(noc3-c3ccc(Cl)cc3)C2)c1[N+](=O)[O-]. The van der Waals surface area contributed by atoms with Crippen LogP contribution in [0.1, 0.15) is 11.3 Å². The second-order valence-corrected chi connectivity index (χ2v) is 6.24. The molecular formula is C16H13ClN6O3. The Morgan fingerprint density at radius 3 is 2.77 bits per heavy atom. The van der Waals surface area contributed by atoms with Crippen LogP contribution in [0.25, 0.3) is 11.3 Å². The molecule has 132 valence electrons. The lowest BCUT2D eigenvalue weighted by Crippen LogP contribution is -2.31. The summed E-state index contributed by atoms with van der Waals surface area (Å²) in [6.07, 6.45) is 1.83. The molecule has 3 aromatic rings. The van der Waals surface area contributed by atoms with Gasteiger partial charge in [-0.05, 0) is 30.7 Å². The molecule has 9 nitrogen and oxygen atoms in total. The van der Waals surface area contributed by atoms with Crippen LogP contribution in [-0.2, 0) is 13.0 Å². The van der Waals surface area contributed by atoms with Crippen LogP contribution in [0.5, 0.6) is 0 Å². The number of benzene rings is 1. The molecule has 26 heavy (non-hydrogen) atoms. The Bertz CT molecular complexity index is 988. The van der Waals surface area contributed by atoms with Crippen molar-refractivity contribution in [3.05, 3.63) is 57.0 Å². The molecule has 0 bridgehead atoms. The third-order valence-electron chi connectivity index (χ3n) is 4.26. The van der Waals surface area contributed by atoms with Gasteiger partial charge in [-0.3, -0.25) is 10.1 Å². The predicted octanol–water partition coefficient (Wildman–Crippen LogP) is 2.84. The summed E-state index contributed by atoms with van der Waals surface area (Å²) < 4.78 is 5.52. The van der Waals surface area contributed by atoms with E-state index in [-0.39, 0.29) is 17.3 Å². The van der Waals surface area contributed by atoms with Crippen molar-refractivity contribution in [3.8, 4) is 11.3 Å². The Balaban J connectivity index is 1.67. The molecule has 2 aromatic heterocycles. The van der Waals surface area contributed by atoms with E-state index < -0.39 is 4.92 Å². The number of halogens is 1. The zero-order valence-electron chi connectivity index (χ0n) is 13.4. The monoisotopic (exact) mass is 372 g/mol. The van der Waals surface area contributed by atoms with Crippen LogP contribution in [0.2, 0.25) is 5.02 Å². The smallest absolute Gasteiger partial charge is 0.353 e. The predicted molar refractivity (Wildman–Crippen MR) is 94.8 cm³/mol. The van der Waals surface area contributed by atoms with Crippen LogP contribution >= 0.6 is 11.6 Å². The Labute approximate surface area is 152 Å². The van der Waals surface area contributed by atoms with Crippen LogP contribution in [0, 0.1) is 10.1 Å². The number of anilines is 2. The van der Waals surface area contributed by atoms with Gasteiger partial charge >= 0.3 is 5.69 Å². The molecule has 1 aliphatic rings. The number of aromatic nitrogens is 3. The van der Waals surface area contributed by atoms with Gasteiger partial charge in [0, 0.05) is 22.7 Å². The average molecular weight is 373 g/mol. The van der Waals surface area contributed by atoms with Gasteiger partial charge in [0.1, 0.15) is 12.0 Å². The van der Waals surface area contributed by atoms with E-state index in [1.54, 1.807) is 17.0 Å². The first-order valence-corrected chi connectivity index (χ1v) is 8.15. The summed E-state index contributed by atoms with van der Waals surface area (Å²) in [7, 11) is 0. The van der Waals surface area contributed by atoms with E-state index in [1.807, 2.05) is 12.1 Å². The van der Waals surface area contributed by atoms with Crippen LogP contribution < -0.4 is 10.6 Å². The summed E-state index contributed by atoms with van der Waals surface area (Å²) in [5.74, 6) is 0.713. The van der Waals surface area contributed by atoms with E-state index in [0.717, 1.165) is 11.1 Å². The van der Waals surface area contributed by atoms with Crippen molar-refractivity contribution in [1.82, 2.24) is 15.1 Å². The van der Waals surface area contributed by atoms with Crippen LogP contribution in [-0.4, -0.2) is 26.6 Å². The van der Waals surface area contributed by atoms with Crippen molar-refractivity contribution in [3.63, 3.8) is 0 Å². The molecule has 0 aliphatic carbocycles. The highest BCUT2D eigenvalue weighted by atomic mass is 35.5. The van der Waals surface area contributed by atoms with Gasteiger partial charge in [-0.25, -0.2) is 9.97 Å². The maximum absolute atomic E-state index is 11.3. The molecule has 0 fully saturated rings. The van der Waals surface area contributed by atoms with Gasteiger partial charge in [-0.1, -0.05) is 16.8 Å². The Morgan fingerprint density at radius 2 is 2.04 bits per heavy atom. The molecule has 0 radical (unpaired) electrons. The van der Waals surface area contributed by atoms with Gasteiger partial charge in [0.25, 0.3) is 0 Å². The Kier molecular flexibility index (Phi) is 3.92. The van der Waals surface area contributed by atoms with E-state index in [2.05, 4.69) is 15.1 Å². The highest BCUT2D eigenvalue weighted by Gasteiger charge is 2.31. The molecule has 0 saturated heterocycles. The quantitative estimate of drug-likeness (QED) is 0.549. The highest BCUT2D eigenvalue weighted by Crippen LogP contribution is 2.35. The fraction of sp³-hybridized carbons (Fsp3) is 0.188. The number of fused-ring (bicyclic) bond motifs is 1. The van der Waals surface area contributed by atoms with E-state index in [1.165, 1.54) is 6.33 Å². The minimum atomic E-state index is -0.567. The number of nitro groups is 1. The van der Waals surface area contributed by atoms with Crippen molar-refractivity contribution in [2.45, 2.75) is 13.0 Å². The first kappa shape index (κ1) is 16.3. The third kappa shape index (κ3) is 2.72. The minimum Gasteiger partial charge on any atom is -0.378 e. The fourth-order valence-corrected chi connectivity index (χ4v) is 3.15. The van der Waals surface area contributed by atoms with Gasteiger partial charge in [0.15, 0.2) is 5.76 Å². The minimum absolute atomic E-state index is 0.159. The first-order valence-electron chi connectivity index (χ1n) is 7.77. The second kappa shape index (κ2) is 6.26. The van der Waals surface area contributed by atoms with E-state index in [0.29, 0.717) is 36.0 Å². The third-order valence-corrected chi connectivity index (χ3v) is 4.51. The lowest BCUT2D eigenvalue weighted by molar-refractivity contribution is -0.383. The molecule has 0 spiro atoms. The van der Waals surface area contributed by atoms with Crippen LogP contribution in [0.4, 0.5) is 17.3 Å². The summed E-state index contributed by atoms with van der Waals surface area (Å²) in [6, 6.07) is 7.30. The highest BCUT2D eigenvalue weighted by molar-refractivity contribution is 6.30. The molecule has 0 unspecified atom stereocenters. The van der Waals surface area contributed by atoms with Gasteiger partial charge in [-0.15, -0.1) is 0 Å². The number of rotatable bonds is 3. The zero-order chi connectivity index (χ0) is 18.3. The van der Waals surface area contributed by atoms with Crippen LogP contribution in [0.15, 0.2) is 35.1 Å². The zero-order valence-corrected chi connectivity index (χ0v) is 14.2. The van der Waals surface area contributed by atoms with Crippen LogP contribution in [0.3, 0.4) is 0 Å². The van der Waals surface area contributed by atoms with Gasteiger partial charge < -0.3 is 15.2 Å². The summed E-state index contributed by atoms with van der Waals surface area (Å²) in [5, 5.41) is 16.1. The molecule has 2 N–H and O–H groups in total. The number of nitrogens with zero attached hydrogens (tertiary/aromatic N) is 5. The van der Waals surface area contributed by atoms with Gasteiger partial charge in [-0.2, -0.15) is 0 Å². The van der Waals surface area contributed by atoms with Crippen molar-refractivity contribution in [2.75, 3.05) is 17.2 Å². The molecule has 0 atom stereocenters. The Hall–Kier alpha value is -3.20. The first-order chi connectivity index (χ1) is 12.5. The topological polar surface area (TPSA) is 124 Å². The van der Waals surface area contributed by atoms with E-state index in [4.69, 9.17) is 21.9 Å². The molecule has 10 heteroatoms. The average Bonchev–Trinajstić information content (AvgIpc) is 3.05. The Morgan fingerprint density at radius 1 is 1.27 bits per heavy atom. The van der Waals surface area contributed by atoms with Gasteiger partial charge in [0.2, 0.25) is 11.6 Å². The largest absolute Gasteiger partial charge is 0.378 e. The number of hydrogen-bond donors (Lipinski definition) is 1. The summed E-state index contributed by atoms with van der Waals surface area (Å²) >= 11 is 5.93. The molecular weight excluding hydrogens is 360 g/mol. The molecule has 0 saturated carbocycles. The maximum atomic E-state index is 11.3. The molecule has 3 heterocycles. The fourth-order valence-electron chi connectivity index (χ4n) is 3.03. The normalized spacial score (nSPS) is 13.5. The van der Waals surface area contributed by atoms with Crippen molar-refractivity contribution < 1.29 is 9.45 Å².